The van der Waals surface area contributed by atoms with Crippen molar-refractivity contribution in [2.45, 2.75) is 6.04 Å². The lowest BCUT2D eigenvalue weighted by atomic mass is 10.1. The van der Waals surface area contributed by atoms with Crippen LogP contribution in [0.15, 0.2) is 24.3 Å². The molecule has 1 aromatic heterocycles. The number of fused-ring (bicyclic) bond motifs is 1. The molecule has 0 amide bonds. The molecule has 4 N–H and O–H groups in total. The average molecular weight is 193 g/mol. The van der Waals surface area contributed by atoms with Gasteiger partial charge in [-0.15, -0.1) is 0 Å². The first-order chi connectivity index (χ1) is 6.33. The second kappa shape index (κ2) is 3.41. The van der Waals surface area contributed by atoms with Gasteiger partial charge in [0.05, 0.1) is 16.4 Å². The van der Waals surface area contributed by atoms with Gasteiger partial charge in [0.25, 0.3) is 0 Å². The minimum atomic E-state index is -0.142. The summed E-state index contributed by atoms with van der Waals surface area (Å²) in [6.07, 6.45) is 0. The third-order valence-corrected chi connectivity index (χ3v) is 2.85. The van der Waals surface area contributed by atoms with Gasteiger partial charge in [-0.2, -0.15) is 4.37 Å². The van der Waals surface area contributed by atoms with Crippen LogP contribution in [0.5, 0.6) is 0 Å². The van der Waals surface area contributed by atoms with Crippen LogP contribution in [0.4, 0.5) is 0 Å². The van der Waals surface area contributed by atoms with E-state index in [2.05, 4.69) is 4.37 Å². The topological polar surface area (TPSA) is 64.9 Å². The summed E-state index contributed by atoms with van der Waals surface area (Å²) in [5.41, 5.74) is 12.2. The Bertz CT molecular complexity index is 410. The van der Waals surface area contributed by atoms with Crippen molar-refractivity contribution < 1.29 is 0 Å². The van der Waals surface area contributed by atoms with E-state index in [9.17, 15) is 0 Å². The number of benzene rings is 1. The lowest BCUT2D eigenvalue weighted by Gasteiger charge is -2.04. The van der Waals surface area contributed by atoms with Crippen molar-refractivity contribution in [2.75, 3.05) is 6.54 Å². The first-order valence-electron chi connectivity index (χ1n) is 4.13. The predicted octanol–water partition coefficient (Wildman–Crippen LogP) is 1.25. The van der Waals surface area contributed by atoms with E-state index in [-0.39, 0.29) is 6.04 Å². The first-order valence-corrected chi connectivity index (χ1v) is 4.90. The summed E-state index contributed by atoms with van der Waals surface area (Å²) >= 11 is 1.47. The van der Waals surface area contributed by atoms with E-state index >= 15 is 0 Å². The second-order valence-corrected chi connectivity index (χ2v) is 3.71. The van der Waals surface area contributed by atoms with Gasteiger partial charge in [0, 0.05) is 11.9 Å². The van der Waals surface area contributed by atoms with Crippen LogP contribution >= 0.6 is 11.5 Å². The van der Waals surface area contributed by atoms with Gasteiger partial charge in [-0.25, -0.2) is 0 Å². The van der Waals surface area contributed by atoms with Gasteiger partial charge in [-0.3, -0.25) is 0 Å². The molecule has 3 nitrogen and oxygen atoms in total. The van der Waals surface area contributed by atoms with Gasteiger partial charge >= 0.3 is 0 Å². The quantitative estimate of drug-likeness (QED) is 0.754. The Morgan fingerprint density at radius 1 is 1.38 bits per heavy atom. The van der Waals surface area contributed by atoms with E-state index < -0.39 is 0 Å². The Labute approximate surface area is 80.5 Å². The minimum absolute atomic E-state index is 0.142. The van der Waals surface area contributed by atoms with E-state index in [1.807, 2.05) is 24.3 Å². The van der Waals surface area contributed by atoms with Gasteiger partial charge in [-0.1, -0.05) is 18.2 Å². The van der Waals surface area contributed by atoms with Crippen LogP contribution < -0.4 is 11.5 Å². The summed E-state index contributed by atoms with van der Waals surface area (Å²) in [5, 5.41) is 1.13. The van der Waals surface area contributed by atoms with E-state index in [1.54, 1.807) is 0 Å². The molecule has 0 aliphatic carbocycles. The normalized spacial score (nSPS) is 13.4. The maximum absolute atomic E-state index is 5.82. The Kier molecular flexibility index (Phi) is 2.26. The zero-order valence-corrected chi connectivity index (χ0v) is 7.92. The van der Waals surface area contributed by atoms with Crippen LogP contribution in [0.2, 0.25) is 0 Å². The number of nitrogens with two attached hydrogens (primary N) is 2. The van der Waals surface area contributed by atoms with E-state index in [0.29, 0.717) is 6.54 Å². The molecule has 68 valence electrons. The molecule has 2 rings (SSSR count). The lowest BCUT2D eigenvalue weighted by molar-refractivity contribution is 0.727. The van der Waals surface area contributed by atoms with Crippen molar-refractivity contribution in [3.8, 4) is 0 Å². The molecule has 0 fully saturated rings. The molecule has 1 unspecified atom stereocenters. The number of rotatable bonds is 2. The van der Waals surface area contributed by atoms with Crippen LogP contribution in [0, 0.1) is 0 Å². The third kappa shape index (κ3) is 1.44. The van der Waals surface area contributed by atoms with Crippen LogP contribution in [0.1, 0.15) is 11.7 Å². The minimum Gasteiger partial charge on any atom is -0.329 e. The largest absolute Gasteiger partial charge is 0.329 e. The van der Waals surface area contributed by atoms with Gasteiger partial charge in [0.1, 0.15) is 0 Å². The SMILES string of the molecule is NCC(N)c1nsc2ccccc12. The maximum Gasteiger partial charge on any atom is 0.0800 e. The Balaban J connectivity index is 2.57. The van der Waals surface area contributed by atoms with E-state index in [4.69, 9.17) is 11.5 Å². The Hall–Kier alpha value is -0.970. The van der Waals surface area contributed by atoms with Crippen LogP contribution in [0.25, 0.3) is 10.1 Å². The number of nitrogens with zero attached hydrogens (tertiary/aromatic N) is 1. The molecule has 0 spiro atoms. The summed E-state index contributed by atoms with van der Waals surface area (Å²) in [6, 6.07) is 7.92. The van der Waals surface area contributed by atoms with Crippen molar-refractivity contribution in [2.24, 2.45) is 11.5 Å². The molecule has 1 atom stereocenters. The fourth-order valence-corrected chi connectivity index (χ4v) is 2.13. The van der Waals surface area contributed by atoms with Gasteiger partial charge < -0.3 is 11.5 Å². The molecule has 0 radical (unpaired) electrons. The zero-order chi connectivity index (χ0) is 9.26. The predicted molar refractivity (Wildman–Crippen MR) is 55.6 cm³/mol. The molecule has 4 heteroatoms. The summed E-state index contributed by atoms with van der Waals surface area (Å²) in [6.45, 7) is 0.438. The summed E-state index contributed by atoms with van der Waals surface area (Å²) in [4.78, 5) is 0. The first kappa shape index (κ1) is 8.62. The van der Waals surface area contributed by atoms with E-state index in [1.165, 1.54) is 16.2 Å². The molecule has 2 aromatic rings. The highest BCUT2D eigenvalue weighted by atomic mass is 32.1. The van der Waals surface area contributed by atoms with Crippen molar-refractivity contribution in [3.63, 3.8) is 0 Å². The smallest absolute Gasteiger partial charge is 0.0800 e. The van der Waals surface area contributed by atoms with Gasteiger partial charge in [0.2, 0.25) is 0 Å². The highest BCUT2D eigenvalue weighted by Crippen LogP contribution is 2.25. The van der Waals surface area contributed by atoms with Crippen molar-refractivity contribution in [3.05, 3.63) is 30.0 Å². The number of aromatic nitrogens is 1. The molecule has 1 heterocycles. The molecule has 13 heavy (non-hydrogen) atoms. The van der Waals surface area contributed by atoms with Crippen molar-refractivity contribution in [1.29, 1.82) is 0 Å². The molecule has 0 aliphatic heterocycles. The van der Waals surface area contributed by atoms with Crippen molar-refractivity contribution in [1.82, 2.24) is 4.37 Å². The Morgan fingerprint density at radius 3 is 2.92 bits per heavy atom. The Morgan fingerprint density at radius 2 is 2.15 bits per heavy atom. The molecule has 0 aliphatic rings. The number of hydrogen-bond donors (Lipinski definition) is 2. The maximum atomic E-state index is 5.82. The molecule has 0 saturated carbocycles. The van der Waals surface area contributed by atoms with Crippen molar-refractivity contribution >= 4 is 21.6 Å². The highest BCUT2D eigenvalue weighted by molar-refractivity contribution is 7.13. The zero-order valence-electron chi connectivity index (χ0n) is 7.10. The lowest BCUT2D eigenvalue weighted by Crippen LogP contribution is -2.21. The molecular formula is C9H11N3S. The summed E-state index contributed by atoms with van der Waals surface area (Å²) in [5.74, 6) is 0. The highest BCUT2D eigenvalue weighted by Gasteiger charge is 2.11. The van der Waals surface area contributed by atoms with Crippen LogP contribution in [-0.2, 0) is 0 Å². The standard InChI is InChI=1S/C9H11N3S/c10-5-7(11)9-6-3-1-2-4-8(6)13-12-9/h1-4,7H,5,10-11H2. The molecule has 1 aromatic carbocycles. The summed E-state index contributed by atoms with van der Waals surface area (Å²) < 4.78 is 5.47. The molecular weight excluding hydrogens is 182 g/mol. The second-order valence-electron chi connectivity index (χ2n) is 2.91. The van der Waals surface area contributed by atoms with E-state index in [0.717, 1.165) is 11.1 Å². The van der Waals surface area contributed by atoms with Crippen LogP contribution in [-0.4, -0.2) is 10.9 Å². The number of hydrogen-bond acceptors (Lipinski definition) is 4. The fourth-order valence-electron chi connectivity index (χ4n) is 1.28. The summed E-state index contributed by atoms with van der Waals surface area (Å²) in [7, 11) is 0. The van der Waals surface area contributed by atoms with Gasteiger partial charge in [0.15, 0.2) is 0 Å². The van der Waals surface area contributed by atoms with Gasteiger partial charge in [-0.05, 0) is 17.6 Å². The molecule has 0 bridgehead atoms. The fraction of sp³-hybridized carbons (Fsp3) is 0.222. The van der Waals surface area contributed by atoms with Crippen LogP contribution in [0.3, 0.4) is 0 Å². The molecule has 0 saturated heterocycles. The monoisotopic (exact) mass is 193 g/mol. The third-order valence-electron chi connectivity index (χ3n) is 2.01. The average Bonchev–Trinajstić information content (AvgIpc) is 2.60.